The monoisotopic (exact) mass is 413 g/mol. The molecule has 1 N–H and O–H groups in total. The second-order valence-corrected chi connectivity index (χ2v) is 7.64. The predicted octanol–water partition coefficient (Wildman–Crippen LogP) is 2.99. The van der Waals surface area contributed by atoms with Crippen LogP contribution in [0.3, 0.4) is 0 Å². The number of aryl methyl sites for hydroxylation is 2. The van der Waals surface area contributed by atoms with Crippen LogP contribution in [0.5, 0.6) is 5.75 Å². The predicted molar refractivity (Wildman–Crippen MR) is 114 cm³/mol. The lowest BCUT2D eigenvalue weighted by atomic mass is 10.1. The molecule has 30 heavy (non-hydrogen) atoms. The molecule has 1 fully saturated rings. The van der Waals surface area contributed by atoms with Crippen molar-refractivity contribution in [3.8, 4) is 5.75 Å². The maximum absolute atomic E-state index is 12.9. The van der Waals surface area contributed by atoms with Gasteiger partial charge in [0.2, 0.25) is 5.91 Å². The van der Waals surface area contributed by atoms with Crippen LogP contribution in [0.2, 0.25) is 0 Å². The van der Waals surface area contributed by atoms with Gasteiger partial charge in [-0.1, -0.05) is 17.7 Å². The fourth-order valence-corrected chi connectivity index (χ4v) is 3.48. The number of carbonyl (C=O) groups excluding carboxylic acids is 2. The number of halogens is 1. The molecule has 0 spiro atoms. The first kappa shape index (κ1) is 21.8. The van der Waals surface area contributed by atoms with Crippen LogP contribution in [0.4, 0.5) is 10.1 Å². The number of benzene rings is 2. The van der Waals surface area contributed by atoms with Crippen LogP contribution in [0.1, 0.15) is 18.1 Å². The summed E-state index contributed by atoms with van der Waals surface area (Å²) in [6, 6.07) is 11.2. The normalized spacial score (nSPS) is 15.5. The molecule has 3 rings (SSSR count). The van der Waals surface area contributed by atoms with Gasteiger partial charge in [0.1, 0.15) is 11.6 Å². The van der Waals surface area contributed by atoms with E-state index in [-0.39, 0.29) is 30.3 Å². The Morgan fingerprint density at radius 2 is 1.73 bits per heavy atom. The number of hydrogen-bond donors (Lipinski definition) is 1. The van der Waals surface area contributed by atoms with Crippen LogP contribution in [-0.4, -0.2) is 60.4 Å². The zero-order chi connectivity index (χ0) is 21.7. The minimum absolute atomic E-state index is 0.0543. The molecule has 1 unspecified atom stereocenters. The van der Waals surface area contributed by atoms with Crippen LogP contribution in [-0.2, 0) is 9.59 Å². The second-order valence-electron chi connectivity index (χ2n) is 7.64. The van der Waals surface area contributed by atoms with Gasteiger partial charge < -0.3 is 15.0 Å². The highest BCUT2D eigenvalue weighted by Crippen LogP contribution is 2.17. The average molecular weight is 413 g/mol. The molecule has 1 aliphatic rings. The zero-order valence-electron chi connectivity index (χ0n) is 17.7. The molecule has 2 aromatic carbocycles. The Bertz CT molecular complexity index is 893. The van der Waals surface area contributed by atoms with Crippen molar-refractivity contribution >= 4 is 17.5 Å². The summed E-state index contributed by atoms with van der Waals surface area (Å²) in [5.74, 6) is -0.0618. The molecular formula is C23H28FN3O3. The van der Waals surface area contributed by atoms with Crippen molar-refractivity contribution in [1.29, 1.82) is 0 Å². The molecule has 7 heteroatoms. The first-order valence-corrected chi connectivity index (χ1v) is 10.1. The van der Waals surface area contributed by atoms with Gasteiger partial charge in [-0.25, -0.2) is 4.39 Å². The van der Waals surface area contributed by atoms with E-state index in [0.29, 0.717) is 31.9 Å². The number of hydrogen-bond acceptors (Lipinski definition) is 4. The van der Waals surface area contributed by atoms with Gasteiger partial charge in [-0.2, -0.15) is 0 Å². The van der Waals surface area contributed by atoms with Gasteiger partial charge in [0.25, 0.3) is 5.91 Å². The van der Waals surface area contributed by atoms with Crippen molar-refractivity contribution in [3.05, 3.63) is 59.4 Å². The maximum atomic E-state index is 12.9. The molecule has 1 aliphatic heterocycles. The van der Waals surface area contributed by atoms with Crippen molar-refractivity contribution in [2.45, 2.75) is 26.8 Å². The van der Waals surface area contributed by atoms with Crippen molar-refractivity contribution in [3.63, 3.8) is 0 Å². The summed E-state index contributed by atoms with van der Waals surface area (Å²) in [7, 11) is 0. The summed E-state index contributed by atoms with van der Waals surface area (Å²) in [5.41, 5.74) is 3.01. The highest BCUT2D eigenvalue weighted by molar-refractivity contribution is 5.95. The lowest BCUT2D eigenvalue weighted by Crippen LogP contribution is -2.54. The number of anilines is 1. The summed E-state index contributed by atoms with van der Waals surface area (Å²) >= 11 is 0. The summed E-state index contributed by atoms with van der Waals surface area (Å²) in [4.78, 5) is 28.9. The van der Waals surface area contributed by atoms with E-state index in [0.717, 1.165) is 16.8 Å². The molecule has 0 bridgehead atoms. The van der Waals surface area contributed by atoms with Crippen LogP contribution in [0.25, 0.3) is 0 Å². The number of piperazine rings is 1. The lowest BCUT2D eigenvalue weighted by molar-refractivity contribution is -0.135. The average Bonchev–Trinajstić information content (AvgIpc) is 2.74. The Morgan fingerprint density at radius 3 is 2.37 bits per heavy atom. The van der Waals surface area contributed by atoms with Crippen LogP contribution in [0, 0.1) is 19.7 Å². The highest BCUT2D eigenvalue weighted by Gasteiger charge is 2.27. The molecule has 0 aromatic heterocycles. The number of amides is 2. The van der Waals surface area contributed by atoms with E-state index in [2.05, 4.69) is 10.2 Å². The van der Waals surface area contributed by atoms with E-state index >= 15 is 0 Å². The topological polar surface area (TPSA) is 61.9 Å². The Hall–Kier alpha value is -2.93. The van der Waals surface area contributed by atoms with Crippen LogP contribution in [0.15, 0.2) is 42.5 Å². The van der Waals surface area contributed by atoms with E-state index < -0.39 is 0 Å². The third-order valence-electron chi connectivity index (χ3n) is 5.41. The van der Waals surface area contributed by atoms with Crippen molar-refractivity contribution in [2.24, 2.45) is 0 Å². The van der Waals surface area contributed by atoms with Gasteiger partial charge in [-0.3, -0.25) is 14.5 Å². The molecule has 0 radical (unpaired) electrons. The molecule has 2 aromatic rings. The third kappa shape index (κ3) is 5.57. The molecule has 0 aliphatic carbocycles. The van der Waals surface area contributed by atoms with Crippen molar-refractivity contribution in [1.82, 2.24) is 9.80 Å². The van der Waals surface area contributed by atoms with Crippen LogP contribution < -0.4 is 10.1 Å². The standard InChI is InChI=1S/C23H28FN3O3/c1-16-4-9-21(17(2)14-16)25-23(29)18(3)26-10-12-27(13-11-26)22(28)15-30-20-7-5-19(24)6-8-20/h4-9,14,18H,10-13,15H2,1-3H3,(H,25,29). The van der Waals surface area contributed by atoms with E-state index in [1.54, 1.807) is 4.90 Å². The summed E-state index contributed by atoms with van der Waals surface area (Å²) < 4.78 is 18.4. The smallest absolute Gasteiger partial charge is 0.260 e. The van der Waals surface area contributed by atoms with E-state index in [1.807, 2.05) is 39.0 Å². The molecule has 1 saturated heterocycles. The highest BCUT2D eigenvalue weighted by atomic mass is 19.1. The Labute approximate surface area is 176 Å². The minimum atomic E-state index is -0.347. The molecule has 1 heterocycles. The molecule has 6 nitrogen and oxygen atoms in total. The van der Waals surface area contributed by atoms with Gasteiger partial charge in [-0.05, 0) is 56.7 Å². The quantitative estimate of drug-likeness (QED) is 0.791. The number of nitrogens with zero attached hydrogens (tertiary/aromatic N) is 2. The molecule has 1 atom stereocenters. The third-order valence-corrected chi connectivity index (χ3v) is 5.41. The summed E-state index contributed by atoms with van der Waals surface area (Å²) in [6.45, 7) is 8.09. The lowest BCUT2D eigenvalue weighted by Gasteiger charge is -2.37. The summed E-state index contributed by atoms with van der Waals surface area (Å²) in [5, 5.41) is 3.00. The molecular weight excluding hydrogens is 385 g/mol. The number of carbonyl (C=O) groups is 2. The van der Waals surface area contributed by atoms with E-state index in [9.17, 15) is 14.0 Å². The van der Waals surface area contributed by atoms with Gasteiger partial charge in [0.15, 0.2) is 6.61 Å². The fraction of sp³-hybridized carbons (Fsp3) is 0.391. The van der Waals surface area contributed by atoms with Gasteiger partial charge in [0, 0.05) is 31.9 Å². The number of ether oxygens (including phenoxy) is 1. The Balaban J connectivity index is 1.46. The number of nitrogens with one attached hydrogen (secondary N) is 1. The van der Waals surface area contributed by atoms with Gasteiger partial charge in [0.05, 0.1) is 6.04 Å². The van der Waals surface area contributed by atoms with Crippen molar-refractivity contribution in [2.75, 3.05) is 38.1 Å². The molecule has 160 valence electrons. The SMILES string of the molecule is Cc1ccc(NC(=O)C(C)N2CCN(C(=O)COc3ccc(F)cc3)CC2)c(C)c1. The molecule has 0 saturated carbocycles. The van der Waals surface area contributed by atoms with Gasteiger partial charge >= 0.3 is 0 Å². The van der Waals surface area contributed by atoms with Crippen molar-refractivity contribution < 1.29 is 18.7 Å². The fourth-order valence-electron chi connectivity index (χ4n) is 3.48. The van der Waals surface area contributed by atoms with Gasteiger partial charge in [-0.15, -0.1) is 0 Å². The Kier molecular flexibility index (Phi) is 7.05. The zero-order valence-corrected chi connectivity index (χ0v) is 17.7. The second kappa shape index (κ2) is 9.71. The first-order chi connectivity index (χ1) is 14.3. The maximum Gasteiger partial charge on any atom is 0.260 e. The number of rotatable bonds is 6. The Morgan fingerprint density at radius 1 is 1.07 bits per heavy atom. The largest absolute Gasteiger partial charge is 0.484 e. The molecule has 2 amide bonds. The first-order valence-electron chi connectivity index (χ1n) is 10.1. The van der Waals surface area contributed by atoms with E-state index in [1.165, 1.54) is 24.3 Å². The summed E-state index contributed by atoms with van der Waals surface area (Å²) in [6.07, 6.45) is 0. The van der Waals surface area contributed by atoms with Crippen LogP contribution >= 0.6 is 0 Å². The minimum Gasteiger partial charge on any atom is -0.484 e. The van der Waals surface area contributed by atoms with E-state index in [4.69, 9.17) is 4.74 Å².